The number of likely N-dealkylation sites (N-methyl/N-ethyl adjacent to an activating group) is 1. The highest BCUT2D eigenvalue weighted by molar-refractivity contribution is 5.87. The lowest BCUT2D eigenvalue weighted by atomic mass is 9.88. The lowest BCUT2D eigenvalue weighted by Gasteiger charge is -2.30. The molecule has 0 fully saturated rings. The van der Waals surface area contributed by atoms with Crippen molar-refractivity contribution < 1.29 is 9.59 Å². The van der Waals surface area contributed by atoms with Crippen molar-refractivity contribution in [3.63, 3.8) is 0 Å². The Morgan fingerprint density at radius 2 is 1.29 bits per heavy atom. The van der Waals surface area contributed by atoms with Crippen molar-refractivity contribution in [2.24, 2.45) is 0 Å². The number of carbonyl (C=O) groups is 2. The summed E-state index contributed by atoms with van der Waals surface area (Å²) in [5.74, 6) is -0.252. The Morgan fingerprint density at radius 1 is 0.806 bits per heavy atom. The van der Waals surface area contributed by atoms with E-state index in [2.05, 4.69) is 29.6 Å². The first-order chi connectivity index (χ1) is 15.1. The molecule has 0 bridgehead atoms. The third-order valence-corrected chi connectivity index (χ3v) is 5.50. The Kier molecular flexibility index (Phi) is 7.99. The van der Waals surface area contributed by atoms with Gasteiger partial charge >= 0.3 is 0 Å². The maximum absolute atomic E-state index is 13.6. The summed E-state index contributed by atoms with van der Waals surface area (Å²) in [4.78, 5) is 27.9. The van der Waals surface area contributed by atoms with E-state index in [9.17, 15) is 9.59 Å². The monoisotopic (exact) mass is 414 g/mol. The van der Waals surface area contributed by atoms with Crippen LogP contribution in [0.5, 0.6) is 0 Å². The summed E-state index contributed by atoms with van der Waals surface area (Å²) in [6.45, 7) is 4.61. The minimum atomic E-state index is -0.556. The molecule has 0 heterocycles. The van der Waals surface area contributed by atoms with Gasteiger partial charge < -0.3 is 10.2 Å². The van der Waals surface area contributed by atoms with E-state index in [-0.39, 0.29) is 17.7 Å². The molecule has 0 aliphatic carbocycles. The van der Waals surface area contributed by atoms with Gasteiger partial charge in [-0.25, -0.2) is 0 Å². The van der Waals surface area contributed by atoms with Crippen LogP contribution in [0.3, 0.4) is 0 Å². The Morgan fingerprint density at radius 3 is 1.77 bits per heavy atom. The van der Waals surface area contributed by atoms with Gasteiger partial charge in [-0.1, -0.05) is 91.0 Å². The molecule has 0 saturated heterocycles. The molecule has 0 aliphatic heterocycles. The van der Waals surface area contributed by atoms with E-state index >= 15 is 0 Å². The molecular weight excluding hydrogens is 384 g/mol. The summed E-state index contributed by atoms with van der Waals surface area (Å²) in [6.07, 6.45) is 0.296. The zero-order valence-corrected chi connectivity index (χ0v) is 18.2. The zero-order valence-electron chi connectivity index (χ0n) is 18.2. The number of carbonyl (C=O) groups excluding carboxylic acids is 2. The number of rotatable bonds is 9. The van der Waals surface area contributed by atoms with Crippen LogP contribution in [-0.4, -0.2) is 29.3 Å². The topological polar surface area (TPSA) is 49.4 Å². The lowest BCUT2D eigenvalue weighted by molar-refractivity contribution is -0.140. The van der Waals surface area contributed by atoms with E-state index in [1.807, 2.05) is 73.7 Å². The summed E-state index contributed by atoms with van der Waals surface area (Å²) in [5.41, 5.74) is 3.18. The van der Waals surface area contributed by atoms with Crippen LogP contribution in [0.25, 0.3) is 0 Å². The van der Waals surface area contributed by atoms with Gasteiger partial charge in [0.15, 0.2) is 0 Å². The molecule has 0 aliphatic rings. The van der Waals surface area contributed by atoms with Gasteiger partial charge in [-0.2, -0.15) is 0 Å². The van der Waals surface area contributed by atoms with Crippen LogP contribution < -0.4 is 5.32 Å². The Bertz CT molecular complexity index is 919. The number of hydrogen-bond donors (Lipinski definition) is 1. The summed E-state index contributed by atoms with van der Waals surface area (Å²) < 4.78 is 0. The molecule has 0 radical (unpaired) electrons. The highest BCUT2D eigenvalue weighted by Gasteiger charge is 2.28. The predicted octanol–water partition coefficient (Wildman–Crippen LogP) is 4.76. The van der Waals surface area contributed by atoms with Gasteiger partial charge in [0, 0.05) is 25.4 Å². The number of amides is 2. The SMILES string of the molecule is CCNC(=O)[C@@H](C)N(Cc1ccccc1)C(=O)CC(c1ccccc1)c1ccccc1. The van der Waals surface area contributed by atoms with Gasteiger partial charge in [0.1, 0.15) is 6.04 Å². The second-order valence-corrected chi connectivity index (χ2v) is 7.66. The Balaban J connectivity index is 1.90. The minimum absolute atomic E-state index is 0.0414. The second-order valence-electron chi connectivity index (χ2n) is 7.66. The maximum Gasteiger partial charge on any atom is 0.242 e. The molecule has 3 aromatic rings. The standard InChI is InChI=1S/C27H30N2O2/c1-3-28-27(31)21(2)29(20-22-13-7-4-8-14-22)26(30)19-25(23-15-9-5-10-16-23)24-17-11-6-12-18-24/h4-18,21,25H,3,19-20H2,1-2H3,(H,28,31)/t21-/m1/s1. The molecule has 2 amide bonds. The third-order valence-electron chi connectivity index (χ3n) is 5.50. The van der Waals surface area contributed by atoms with Crippen LogP contribution in [-0.2, 0) is 16.1 Å². The van der Waals surface area contributed by atoms with Gasteiger partial charge in [-0.05, 0) is 30.5 Å². The number of benzene rings is 3. The maximum atomic E-state index is 13.6. The minimum Gasteiger partial charge on any atom is -0.355 e. The van der Waals surface area contributed by atoms with Crippen molar-refractivity contribution in [1.29, 1.82) is 0 Å². The smallest absolute Gasteiger partial charge is 0.242 e. The molecule has 0 unspecified atom stereocenters. The molecule has 4 heteroatoms. The summed E-state index contributed by atoms with van der Waals surface area (Å²) in [7, 11) is 0. The van der Waals surface area contributed by atoms with E-state index in [1.165, 1.54) is 0 Å². The summed E-state index contributed by atoms with van der Waals surface area (Å²) in [5, 5.41) is 2.85. The molecule has 3 rings (SSSR count). The van der Waals surface area contributed by atoms with Gasteiger partial charge in [0.25, 0.3) is 0 Å². The molecule has 31 heavy (non-hydrogen) atoms. The van der Waals surface area contributed by atoms with Gasteiger partial charge in [0.05, 0.1) is 0 Å². The Hall–Kier alpha value is -3.40. The molecule has 160 valence electrons. The van der Waals surface area contributed by atoms with Gasteiger partial charge in [-0.3, -0.25) is 9.59 Å². The molecule has 4 nitrogen and oxygen atoms in total. The van der Waals surface area contributed by atoms with Crippen molar-refractivity contribution in [1.82, 2.24) is 10.2 Å². The van der Waals surface area contributed by atoms with Gasteiger partial charge in [-0.15, -0.1) is 0 Å². The first-order valence-electron chi connectivity index (χ1n) is 10.8. The average molecular weight is 415 g/mol. The highest BCUT2D eigenvalue weighted by atomic mass is 16.2. The lowest BCUT2D eigenvalue weighted by Crippen LogP contribution is -2.47. The van der Waals surface area contributed by atoms with Gasteiger partial charge in [0.2, 0.25) is 11.8 Å². The van der Waals surface area contributed by atoms with Crippen LogP contribution in [0.1, 0.15) is 42.9 Å². The molecule has 1 N–H and O–H groups in total. The summed E-state index contributed by atoms with van der Waals surface area (Å²) in [6, 6.07) is 29.4. The van der Waals surface area contributed by atoms with Crippen molar-refractivity contribution in [3.8, 4) is 0 Å². The van der Waals surface area contributed by atoms with Crippen LogP contribution >= 0.6 is 0 Å². The molecular formula is C27H30N2O2. The molecule has 0 aromatic heterocycles. The van der Waals surface area contributed by atoms with E-state index in [0.29, 0.717) is 19.5 Å². The largest absolute Gasteiger partial charge is 0.355 e. The zero-order chi connectivity index (χ0) is 22.1. The quantitative estimate of drug-likeness (QED) is 0.549. The molecule has 1 atom stereocenters. The fourth-order valence-corrected chi connectivity index (χ4v) is 3.78. The van der Waals surface area contributed by atoms with Crippen molar-refractivity contribution in [2.45, 2.75) is 38.8 Å². The van der Waals surface area contributed by atoms with E-state index in [4.69, 9.17) is 0 Å². The number of nitrogens with one attached hydrogen (secondary N) is 1. The molecule has 0 saturated carbocycles. The van der Waals surface area contributed by atoms with Crippen LogP contribution in [0.15, 0.2) is 91.0 Å². The normalized spacial score (nSPS) is 11.7. The van der Waals surface area contributed by atoms with E-state index in [0.717, 1.165) is 16.7 Å². The van der Waals surface area contributed by atoms with Crippen molar-refractivity contribution >= 4 is 11.8 Å². The van der Waals surface area contributed by atoms with E-state index < -0.39 is 6.04 Å². The van der Waals surface area contributed by atoms with Crippen LogP contribution in [0.4, 0.5) is 0 Å². The number of hydrogen-bond acceptors (Lipinski definition) is 2. The van der Waals surface area contributed by atoms with Crippen LogP contribution in [0.2, 0.25) is 0 Å². The fraction of sp³-hybridized carbons (Fsp3) is 0.259. The first kappa shape index (κ1) is 22.3. The Labute approximate surface area is 184 Å². The predicted molar refractivity (Wildman–Crippen MR) is 124 cm³/mol. The van der Waals surface area contributed by atoms with Crippen molar-refractivity contribution in [3.05, 3.63) is 108 Å². The highest BCUT2D eigenvalue weighted by Crippen LogP contribution is 2.29. The fourth-order valence-electron chi connectivity index (χ4n) is 3.78. The first-order valence-corrected chi connectivity index (χ1v) is 10.8. The molecule has 0 spiro atoms. The summed E-state index contributed by atoms with van der Waals surface area (Å²) >= 11 is 0. The van der Waals surface area contributed by atoms with Crippen molar-refractivity contribution in [2.75, 3.05) is 6.54 Å². The van der Waals surface area contributed by atoms with Crippen LogP contribution in [0, 0.1) is 0 Å². The third kappa shape index (κ3) is 6.05. The second kappa shape index (κ2) is 11.1. The average Bonchev–Trinajstić information content (AvgIpc) is 2.82. The van der Waals surface area contributed by atoms with E-state index in [1.54, 1.807) is 11.8 Å². The number of nitrogens with zero attached hydrogens (tertiary/aromatic N) is 1. The molecule has 3 aromatic carbocycles.